The van der Waals surface area contributed by atoms with Crippen LogP contribution in [-0.2, 0) is 25.3 Å². The van der Waals surface area contributed by atoms with Crippen molar-refractivity contribution in [3.05, 3.63) is 89.0 Å². The molecule has 3 nitrogen and oxygen atoms in total. The van der Waals surface area contributed by atoms with Crippen LogP contribution in [0.25, 0.3) is 0 Å². The van der Waals surface area contributed by atoms with Crippen molar-refractivity contribution in [3.63, 3.8) is 0 Å². The molecule has 0 spiro atoms. The number of hydrogen-bond acceptors (Lipinski definition) is 3. The SMILES string of the molecule is OC(CN(Cc1cccc(C(F)(F)C(F)(F)F)c1)c1cccc(Oc2ccc3c(c2)CCCC3)c1)C(F)(F)F. The van der Waals surface area contributed by atoms with Crippen LogP contribution in [0.5, 0.6) is 11.5 Å². The molecule has 0 aromatic heterocycles. The van der Waals surface area contributed by atoms with Crippen LogP contribution in [0.4, 0.5) is 40.8 Å². The van der Waals surface area contributed by atoms with E-state index in [4.69, 9.17) is 4.74 Å². The minimum absolute atomic E-state index is 0.105. The van der Waals surface area contributed by atoms with Crippen molar-refractivity contribution in [3.8, 4) is 11.5 Å². The average Bonchev–Trinajstić information content (AvgIpc) is 2.87. The van der Waals surface area contributed by atoms with Crippen LogP contribution in [0.2, 0.25) is 0 Å². The van der Waals surface area contributed by atoms with Crippen molar-refractivity contribution in [2.75, 3.05) is 11.4 Å². The second kappa shape index (κ2) is 11.0. The number of aliphatic hydroxyl groups excluding tert-OH is 1. The van der Waals surface area contributed by atoms with E-state index in [2.05, 4.69) is 0 Å². The highest BCUT2D eigenvalue weighted by Crippen LogP contribution is 2.44. The van der Waals surface area contributed by atoms with Gasteiger partial charge in [0.1, 0.15) is 11.5 Å². The van der Waals surface area contributed by atoms with Gasteiger partial charge in [-0.15, -0.1) is 0 Å². The molecule has 1 aliphatic rings. The molecule has 210 valence electrons. The molecule has 1 atom stereocenters. The molecule has 1 N–H and O–H groups in total. The van der Waals surface area contributed by atoms with Crippen LogP contribution in [0.1, 0.15) is 35.1 Å². The summed E-state index contributed by atoms with van der Waals surface area (Å²) in [4.78, 5) is 1.04. The standard InChI is InChI=1S/C28H25F8NO2/c29-26(30,28(34,35)36)21-8-3-5-18(13-21)16-37(17-25(38)27(31,32)33)22-9-4-10-23(15-22)39-24-12-11-19-6-1-2-7-20(19)14-24/h3-5,8-15,25,38H,1-2,6-7,16-17H2. The number of rotatable bonds is 8. The molecule has 0 saturated carbocycles. The summed E-state index contributed by atoms with van der Waals surface area (Å²) in [5.41, 5.74) is 1.08. The van der Waals surface area contributed by atoms with Gasteiger partial charge < -0.3 is 14.7 Å². The molecule has 3 aromatic rings. The summed E-state index contributed by atoms with van der Waals surface area (Å²) in [6.07, 6.45) is -9.60. The van der Waals surface area contributed by atoms with Gasteiger partial charge in [0.2, 0.25) is 0 Å². The maximum atomic E-state index is 13.9. The Morgan fingerprint density at radius 2 is 1.44 bits per heavy atom. The zero-order valence-corrected chi connectivity index (χ0v) is 20.5. The van der Waals surface area contributed by atoms with Crippen molar-refractivity contribution in [2.24, 2.45) is 0 Å². The molecule has 11 heteroatoms. The van der Waals surface area contributed by atoms with Gasteiger partial charge in [0.25, 0.3) is 0 Å². The number of hydrogen-bond donors (Lipinski definition) is 1. The van der Waals surface area contributed by atoms with E-state index in [-0.39, 0.29) is 17.0 Å². The Balaban J connectivity index is 1.62. The maximum Gasteiger partial charge on any atom is 0.458 e. The molecule has 39 heavy (non-hydrogen) atoms. The number of alkyl halides is 8. The second-order valence-electron chi connectivity index (χ2n) is 9.45. The quantitative estimate of drug-likeness (QED) is 0.285. The summed E-state index contributed by atoms with van der Waals surface area (Å²) >= 11 is 0. The third kappa shape index (κ3) is 6.81. The van der Waals surface area contributed by atoms with Gasteiger partial charge in [-0.3, -0.25) is 0 Å². The van der Waals surface area contributed by atoms with E-state index < -0.39 is 43.0 Å². The van der Waals surface area contributed by atoms with E-state index in [1.807, 2.05) is 12.1 Å². The fraction of sp³-hybridized carbons (Fsp3) is 0.357. The minimum Gasteiger partial charge on any atom is -0.457 e. The highest BCUT2D eigenvalue weighted by Gasteiger charge is 2.58. The van der Waals surface area contributed by atoms with E-state index >= 15 is 0 Å². The molecule has 0 aliphatic heterocycles. The van der Waals surface area contributed by atoms with E-state index in [9.17, 15) is 40.2 Å². The predicted molar refractivity (Wildman–Crippen MR) is 129 cm³/mol. The van der Waals surface area contributed by atoms with Crippen LogP contribution in [-0.4, -0.2) is 30.1 Å². The molecule has 0 saturated heterocycles. The van der Waals surface area contributed by atoms with Crippen molar-refractivity contribution in [1.29, 1.82) is 0 Å². The van der Waals surface area contributed by atoms with E-state index in [0.717, 1.165) is 42.2 Å². The molecule has 1 unspecified atom stereocenters. The predicted octanol–water partition coefficient (Wildman–Crippen LogP) is 7.94. The first-order valence-electron chi connectivity index (χ1n) is 12.2. The van der Waals surface area contributed by atoms with E-state index in [1.54, 1.807) is 12.1 Å². The molecule has 0 heterocycles. The third-order valence-electron chi connectivity index (χ3n) is 6.53. The normalized spacial score (nSPS) is 15.0. The van der Waals surface area contributed by atoms with Gasteiger partial charge in [0, 0.05) is 23.9 Å². The molecule has 1 aliphatic carbocycles. The van der Waals surface area contributed by atoms with Crippen molar-refractivity contribution >= 4 is 5.69 Å². The number of fused-ring (bicyclic) bond motifs is 1. The van der Waals surface area contributed by atoms with Gasteiger partial charge in [0.05, 0.1) is 6.54 Å². The molecule has 3 aromatic carbocycles. The van der Waals surface area contributed by atoms with Crippen LogP contribution < -0.4 is 9.64 Å². The lowest BCUT2D eigenvalue weighted by Crippen LogP contribution is -2.41. The zero-order valence-electron chi connectivity index (χ0n) is 20.5. The molecular formula is C28H25F8NO2. The lowest BCUT2D eigenvalue weighted by molar-refractivity contribution is -0.289. The number of nitrogens with zero attached hydrogens (tertiary/aromatic N) is 1. The molecular weight excluding hydrogens is 534 g/mol. The maximum absolute atomic E-state index is 13.9. The number of benzene rings is 3. The van der Waals surface area contributed by atoms with Gasteiger partial charge in [-0.25, -0.2) is 0 Å². The molecule has 0 fully saturated rings. The van der Waals surface area contributed by atoms with Gasteiger partial charge in [0.15, 0.2) is 6.10 Å². The van der Waals surface area contributed by atoms with Crippen LogP contribution >= 0.6 is 0 Å². The summed E-state index contributed by atoms with van der Waals surface area (Å²) in [5, 5.41) is 9.74. The number of ether oxygens (including phenoxy) is 1. The number of halogens is 8. The summed E-state index contributed by atoms with van der Waals surface area (Å²) in [5.74, 6) is -4.36. The summed E-state index contributed by atoms with van der Waals surface area (Å²) in [6.45, 7) is -1.48. The summed E-state index contributed by atoms with van der Waals surface area (Å²) in [7, 11) is 0. The monoisotopic (exact) mass is 559 g/mol. The Morgan fingerprint density at radius 3 is 2.13 bits per heavy atom. The van der Waals surface area contributed by atoms with E-state index in [1.165, 1.54) is 29.8 Å². The van der Waals surface area contributed by atoms with Gasteiger partial charge in [-0.2, -0.15) is 35.1 Å². The fourth-order valence-corrected chi connectivity index (χ4v) is 4.48. The van der Waals surface area contributed by atoms with Crippen molar-refractivity contribution in [2.45, 2.75) is 56.6 Å². The Bertz CT molecular complexity index is 1290. The lowest BCUT2D eigenvalue weighted by atomic mass is 9.92. The Morgan fingerprint density at radius 1 is 0.769 bits per heavy atom. The second-order valence-corrected chi connectivity index (χ2v) is 9.45. The first-order chi connectivity index (χ1) is 18.2. The van der Waals surface area contributed by atoms with Crippen LogP contribution in [0.3, 0.4) is 0 Å². The topological polar surface area (TPSA) is 32.7 Å². The van der Waals surface area contributed by atoms with Gasteiger partial charge in [-0.1, -0.05) is 30.3 Å². The highest BCUT2D eigenvalue weighted by atomic mass is 19.4. The molecule has 4 rings (SSSR count). The Labute approximate surface area is 219 Å². The molecule has 0 radical (unpaired) electrons. The number of aliphatic hydroxyl groups is 1. The van der Waals surface area contributed by atoms with Crippen LogP contribution in [0, 0.1) is 0 Å². The molecule has 0 bridgehead atoms. The Hall–Kier alpha value is -3.34. The number of aryl methyl sites for hydroxylation is 2. The third-order valence-corrected chi connectivity index (χ3v) is 6.53. The Kier molecular flexibility index (Phi) is 8.11. The minimum atomic E-state index is -5.85. The van der Waals surface area contributed by atoms with Gasteiger partial charge >= 0.3 is 18.3 Å². The van der Waals surface area contributed by atoms with Crippen molar-refractivity contribution < 1.29 is 45.0 Å². The lowest BCUT2D eigenvalue weighted by Gasteiger charge is -2.29. The summed E-state index contributed by atoms with van der Waals surface area (Å²) in [6, 6.07) is 14.9. The zero-order chi connectivity index (χ0) is 28.4. The molecule has 0 amide bonds. The summed E-state index contributed by atoms with van der Waals surface area (Å²) < 4.78 is 112. The van der Waals surface area contributed by atoms with Gasteiger partial charge in [-0.05, 0) is 72.7 Å². The fourth-order valence-electron chi connectivity index (χ4n) is 4.48. The van der Waals surface area contributed by atoms with Crippen molar-refractivity contribution in [1.82, 2.24) is 0 Å². The smallest absolute Gasteiger partial charge is 0.457 e. The number of anilines is 1. The first-order valence-corrected chi connectivity index (χ1v) is 12.2. The first kappa shape index (κ1) is 28.7. The largest absolute Gasteiger partial charge is 0.458 e. The van der Waals surface area contributed by atoms with Crippen LogP contribution in [0.15, 0.2) is 66.7 Å². The average molecular weight is 559 g/mol. The van der Waals surface area contributed by atoms with E-state index in [0.29, 0.717) is 17.9 Å². The highest BCUT2D eigenvalue weighted by molar-refractivity contribution is 5.53.